The number of unbranched alkanes of at least 4 members (excludes halogenated alkanes) is 1. The van der Waals surface area contributed by atoms with E-state index in [4.69, 9.17) is 11.3 Å². The summed E-state index contributed by atoms with van der Waals surface area (Å²) < 4.78 is 5.59. The highest BCUT2D eigenvalue weighted by Gasteiger charge is 1.95. The van der Waals surface area contributed by atoms with Crippen LogP contribution in [0.5, 0.6) is 5.75 Å². The number of benzene rings is 2. The lowest BCUT2D eigenvalue weighted by atomic mass is 10.3. The molecule has 0 spiro atoms. The Morgan fingerprint density at radius 2 is 1.52 bits per heavy atom. The summed E-state index contributed by atoms with van der Waals surface area (Å²) in [5.74, 6) is 0.851. The number of ether oxygens (including phenoxy) is 1. The Morgan fingerprint density at radius 1 is 0.952 bits per heavy atom. The minimum absolute atomic E-state index is 0.600. The van der Waals surface area contributed by atoms with Crippen molar-refractivity contribution in [1.29, 1.82) is 0 Å². The topological polar surface area (TPSA) is 38.3 Å². The van der Waals surface area contributed by atoms with Crippen LogP contribution in [-0.4, -0.2) is 6.61 Å². The molecule has 0 N–H and O–H groups in total. The molecule has 4 nitrogen and oxygen atoms in total. The van der Waals surface area contributed by atoms with E-state index in [0.29, 0.717) is 5.69 Å². The molecule has 2 aromatic carbocycles. The highest BCUT2D eigenvalue weighted by molar-refractivity contribution is 5.51. The van der Waals surface area contributed by atoms with Gasteiger partial charge in [0.05, 0.1) is 24.6 Å². The maximum Gasteiger partial charge on any atom is 0.187 e. The van der Waals surface area contributed by atoms with E-state index in [1.54, 1.807) is 24.3 Å². The van der Waals surface area contributed by atoms with Gasteiger partial charge in [0.15, 0.2) is 5.69 Å². The Bertz CT molecular complexity index is 625. The van der Waals surface area contributed by atoms with Crippen molar-refractivity contribution in [2.24, 2.45) is 10.2 Å². The molecule has 0 heterocycles. The molecule has 0 aromatic heterocycles. The Hall–Kier alpha value is -2.67. The second kappa shape index (κ2) is 7.81. The highest BCUT2D eigenvalue weighted by Crippen LogP contribution is 2.23. The summed E-state index contributed by atoms with van der Waals surface area (Å²) in [6.07, 6.45) is 2.18. The van der Waals surface area contributed by atoms with E-state index in [0.717, 1.165) is 36.6 Å². The molecule has 4 heteroatoms. The van der Waals surface area contributed by atoms with Gasteiger partial charge in [-0.15, -0.1) is 0 Å². The van der Waals surface area contributed by atoms with Crippen LogP contribution < -0.4 is 4.74 Å². The van der Waals surface area contributed by atoms with Gasteiger partial charge < -0.3 is 4.74 Å². The minimum atomic E-state index is 0.600. The molecule has 0 aliphatic rings. The van der Waals surface area contributed by atoms with E-state index in [-0.39, 0.29) is 0 Å². The zero-order valence-electron chi connectivity index (χ0n) is 12.0. The average molecular weight is 279 g/mol. The van der Waals surface area contributed by atoms with Gasteiger partial charge in [-0.3, -0.25) is 0 Å². The van der Waals surface area contributed by atoms with Crippen LogP contribution >= 0.6 is 0 Å². The number of rotatable bonds is 6. The van der Waals surface area contributed by atoms with Gasteiger partial charge in [-0.25, -0.2) is 4.85 Å². The van der Waals surface area contributed by atoms with Crippen LogP contribution in [0.2, 0.25) is 0 Å². The lowest BCUT2D eigenvalue weighted by Crippen LogP contribution is -1.95. The van der Waals surface area contributed by atoms with E-state index in [1.807, 2.05) is 24.3 Å². The van der Waals surface area contributed by atoms with Crippen molar-refractivity contribution < 1.29 is 4.74 Å². The third-order valence-electron chi connectivity index (χ3n) is 2.86. The molecule has 0 saturated heterocycles. The normalized spacial score (nSPS) is 10.5. The monoisotopic (exact) mass is 279 g/mol. The predicted molar refractivity (Wildman–Crippen MR) is 83.7 cm³/mol. The molecular weight excluding hydrogens is 262 g/mol. The molecule has 0 amide bonds. The van der Waals surface area contributed by atoms with E-state index in [9.17, 15) is 0 Å². The first kappa shape index (κ1) is 14.7. The highest BCUT2D eigenvalue weighted by atomic mass is 16.5. The zero-order valence-corrected chi connectivity index (χ0v) is 12.0. The Labute approximate surface area is 124 Å². The molecular formula is C17H17N3O. The van der Waals surface area contributed by atoms with Crippen LogP contribution in [0.3, 0.4) is 0 Å². The first-order valence-electron chi connectivity index (χ1n) is 6.94. The standard InChI is InChI=1S/C17H17N3O/c1-3-4-13-21-17-11-9-16(10-12-17)20-19-15-7-5-14(18-2)6-8-15/h5-12H,3-4,13H2,1H3. The van der Waals surface area contributed by atoms with Crippen LogP contribution in [-0.2, 0) is 0 Å². The van der Waals surface area contributed by atoms with Crippen molar-refractivity contribution in [1.82, 2.24) is 0 Å². The molecule has 0 saturated carbocycles. The van der Waals surface area contributed by atoms with Gasteiger partial charge in [-0.05, 0) is 42.8 Å². The van der Waals surface area contributed by atoms with Crippen LogP contribution in [0.1, 0.15) is 19.8 Å². The van der Waals surface area contributed by atoms with Gasteiger partial charge in [0.25, 0.3) is 0 Å². The maximum absolute atomic E-state index is 6.89. The SMILES string of the molecule is [C-]#[N+]c1ccc(N=Nc2ccc(OCCCC)cc2)cc1. The predicted octanol–water partition coefficient (Wildman–Crippen LogP) is 5.83. The molecule has 2 rings (SSSR count). The van der Waals surface area contributed by atoms with Crippen molar-refractivity contribution in [3.8, 4) is 5.75 Å². The summed E-state index contributed by atoms with van der Waals surface area (Å²) in [6, 6.07) is 14.5. The smallest absolute Gasteiger partial charge is 0.187 e. The second-order valence-corrected chi connectivity index (χ2v) is 4.52. The molecule has 0 aliphatic carbocycles. The number of azo groups is 1. The number of hydrogen-bond donors (Lipinski definition) is 0. The van der Waals surface area contributed by atoms with Gasteiger partial charge in [0.1, 0.15) is 5.75 Å². The van der Waals surface area contributed by atoms with E-state index < -0.39 is 0 Å². The first-order valence-corrected chi connectivity index (χ1v) is 6.94. The molecule has 2 aromatic rings. The molecule has 0 atom stereocenters. The second-order valence-electron chi connectivity index (χ2n) is 4.52. The Balaban J connectivity index is 1.95. The van der Waals surface area contributed by atoms with E-state index in [2.05, 4.69) is 22.0 Å². The molecule has 0 fully saturated rings. The summed E-state index contributed by atoms with van der Waals surface area (Å²) in [7, 11) is 0. The number of nitrogens with zero attached hydrogens (tertiary/aromatic N) is 3. The molecule has 21 heavy (non-hydrogen) atoms. The fourth-order valence-electron chi connectivity index (χ4n) is 1.65. The van der Waals surface area contributed by atoms with Crippen LogP contribution in [0.25, 0.3) is 4.85 Å². The quantitative estimate of drug-likeness (QED) is 0.372. The first-order chi connectivity index (χ1) is 10.3. The molecule has 0 bridgehead atoms. The zero-order chi connectivity index (χ0) is 14.9. The van der Waals surface area contributed by atoms with Gasteiger partial charge in [0, 0.05) is 0 Å². The third-order valence-corrected chi connectivity index (χ3v) is 2.86. The summed E-state index contributed by atoms with van der Waals surface area (Å²) in [6.45, 7) is 9.77. The largest absolute Gasteiger partial charge is 0.494 e. The minimum Gasteiger partial charge on any atom is -0.494 e. The van der Waals surface area contributed by atoms with Gasteiger partial charge in [-0.2, -0.15) is 10.2 Å². The van der Waals surface area contributed by atoms with Crippen molar-refractivity contribution in [3.05, 3.63) is 59.9 Å². The fraction of sp³-hybridized carbons (Fsp3) is 0.235. The van der Waals surface area contributed by atoms with Crippen molar-refractivity contribution >= 4 is 17.1 Å². The van der Waals surface area contributed by atoms with E-state index in [1.165, 1.54) is 0 Å². The molecule has 0 radical (unpaired) electrons. The van der Waals surface area contributed by atoms with Gasteiger partial charge >= 0.3 is 0 Å². The van der Waals surface area contributed by atoms with Crippen molar-refractivity contribution in [2.45, 2.75) is 19.8 Å². The maximum atomic E-state index is 6.89. The van der Waals surface area contributed by atoms with Crippen molar-refractivity contribution in [3.63, 3.8) is 0 Å². The van der Waals surface area contributed by atoms with Gasteiger partial charge in [0.2, 0.25) is 0 Å². The number of hydrogen-bond acceptors (Lipinski definition) is 3. The lowest BCUT2D eigenvalue weighted by molar-refractivity contribution is 0.309. The molecule has 0 aliphatic heterocycles. The third kappa shape index (κ3) is 4.73. The summed E-state index contributed by atoms with van der Waals surface area (Å²) in [5.41, 5.74) is 2.10. The molecule has 106 valence electrons. The molecule has 0 unspecified atom stereocenters. The van der Waals surface area contributed by atoms with Crippen LogP contribution in [0.15, 0.2) is 58.8 Å². The fourth-order valence-corrected chi connectivity index (χ4v) is 1.65. The lowest BCUT2D eigenvalue weighted by Gasteiger charge is -2.04. The summed E-state index contributed by atoms with van der Waals surface area (Å²) >= 11 is 0. The Morgan fingerprint density at radius 3 is 2.05 bits per heavy atom. The van der Waals surface area contributed by atoms with Crippen LogP contribution in [0.4, 0.5) is 17.1 Å². The average Bonchev–Trinajstić information content (AvgIpc) is 2.55. The van der Waals surface area contributed by atoms with Crippen molar-refractivity contribution in [2.75, 3.05) is 6.61 Å². The van der Waals surface area contributed by atoms with Gasteiger partial charge in [-0.1, -0.05) is 25.5 Å². The van der Waals surface area contributed by atoms with E-state index >= 15 is 0 Å². The van der Waals surface area contributed by atoms with Crippen LogP contribution in [0, 0.1) is 6.57 Å². The summed E-state index contributed by atoms with van der Waals surface area (Å²) in [4.78, 5) is 3.33. The summed E-state index contributed by atoms with van der Waals surface area (Å²) in [5, 5.41) is 8.30. The Kier molecular flexibility index (Phi) is 5.48.